The van der Waals surface area contributed by atoms with Gasteiger partial charge in [0.15, 0.2) is 0 Å². The largest absolute Gasteiger partial charge is 0.411 e. The summed E-state index contributed by atoms with van der Waals surface area (Å²) in [6, 6.07) is 7.48. The summed E-state index contributed by atoms with van der Waals surface area (Å²) in [6.07, 6.45) is 8.14. The lowest BCUT2D eigenvalue weighted by atomic mass is 9.48. The van der Waals surface area contributed by atoms with E-state index in [4.69, 9.17) is 16.0 Å². The minimum absolute atomic E-state index is 0.0458. The van der Waals surface area contributed by atoms with Crippen molar-refractivity contribution in [3.8, 4) is 11.5 Å². The number of amides is 1. The highest BCUT2D eigenvalue weighted by atomic mass is 35.5. The first-order valence-electron chi connectivity index (χ1n) is 10.5. The fourth-order valence-corrected chi connectivity index (χ4v) is 6.95. The van der Waals surface area contributed by atoms with Gasteiger partial charge in [0.05, 0.1) is 5.75 Å². The van der Waals surface area contributed by atoms with Crippen LogP contribution in [0.4, 0.5) is 0 Å². The van der Waals surface area contributed by atoms with Crippen LogP contribution in [-0.4, -0.2) is 27.9 Å². The van der Waals surface area contributed by atoms with Gasteiger partial charge in [-0.2, -0.15) is 0 Å². The molecule has 4 aliphatic rings. The molecule has 1 amide bonds. The molecule has 1 heterocycles. The number of benzene rings is 1. The van der Waals surface area contributed by atoms with Gasteiger partial charge in [-0.1, -0.05) is 23.4 Å². The average Bonchev–Trinajstić information content (AvgIpc) is 3.15. The maximum Gasteiger partial charge on any atom is 0.277 e. The molecule has 0 radical (unpaired) electrons. The Hall–Kier alpha value is -1.53. The van der Waals surface area contributed by atoms with Crippen LogP contribution in [0.25, 0.3) is 11.5 Å². The molecule has 7 heteroatoms. The van der Waals surface area contributed by atoms with Crippen LogP contribution in [0.15, 0.2) is 33.9 Å². The quantitative estimate of drug-likeness (QED) is 0.636. The Labute approximate surface area is 180 Å². The zero-order valence-corrected chi connectivity index (χ0v) is 18.1. The van der Waals surface area contributed by atoms with E-state index in [0.717, 1.165) is 23.3 Å². The van der Waals surface area contributed by atoms with E-state index in [2.05, 4.69) is 22.4 Å². The Morgan fingerprint density at radius 2 is 1.79 bits per heavy atom. The lowest BCUT2D eigenvalue weighted by Gasteiger charge is -2.59. The Balaban J connectivity index is 1.16. The molecule has 1 N–H and O–H groups in total. The Kier molecular flexibility index (Phi) is 5.11. The molecule has 4 fully saturated rings. The van der Waals surface area contributed by atoms with Gasteiger partial charge in [0.25, 0.3) is 5.22 Å². The molecular weight excluding hydrogens is 406 g/mol. The van der Waals surface area contributed by atoms with Crippen LogP contribution in [-0.2, 0) is 4.79 Å². The fraction of sp³-hybridized carbons (Fsp3) is 0.591. The van der Waals surface area contributed by atoms with E-state index in [9.17, 15) is 4.79 Å². The molecule has 0 aliphatic heterocycles. The zero-order valence-electron chi connectivity index (χ0n) is 16.6. The minimum atomic E-state index is 0.0458. The van der Waals surface area contributed by atoms with E-state index in [-0.39, 0.29) is 11.9 Å². The van der Waals surface area contributed by atoms with Gasteiger partial charge >= 0.3 is 0 Å². The maximum absolute atomic E-state index is 12.6. The van der Waals surface area contributed by atoms with Crippen molar-refractivity contribution < 1.29 is 9.21 Å². The summed E-state index contributed by atoms with van der Waals surface area (Å²) < 4.78 is 5.68. The number of carbonyl (C=O) groups excluding carboxylic acids is 1. The highest BCUT2D eigenvalue weighted by Gasteiger charge is 2.53. The summed E-state index contributed by atoms with van der Waals surface area (Å²) in [5.74, 6) is 3.44. The van der Waals surface area contributed by atoms with Crippen LogP contribution in [0, 0.1) is 23.2 Å². The number of hydrogen-bond acceptors (Lipinski definition) is 5. The van der Waals surface area contributed by atoms with Crippen molar-refractivity contribution in [2.75, 3.05) is 5.75 Å². The van der Waals surface area contributed by atoms with E-state index in [1.165, 1.54) is 50.3 Å². The number of aromatic nitrogens is 2. The van der Waals surface area contributed by atoms with Gasteiger partial charge < -0.3 is 9.73 Å². The highest BCUT2D eigenvalue weighted by Crippen LogP contribution is 2.61. The van der Waals surface area contributed by atoms with E-state index >= 15 is 0 Å². The third-order valence-corrected chi connectivity index (χ3v) is 8.28. The minimum Gasteiger partial charge on any atom is -0.411 e. The predicted octanol–water partition coefficient (Wildman–Crippen LogP) is 5.20. The standard InChI is InChI=1S/C22H26ClN3O2S/c1-13(22-9-14-6-15(10-22)8-16(7-14)11-22)24-19(27)12-29-21-26-25-20(28-21)17-2-4-18(23)5-3-17/h2-5,13-16H,6-12H2,1H3,(H,24,27). The lowest BCUT2D eigenvalue weighted by molar-refractivity contribution is -0.123. The number of thioether (sulfide) groups is 1. The fourth-order valence-electron chi connectivity index (χ4n) is 6.25. The van der Waals surface area contributed by atoms with E-state index in [1.54, 1.807) is 12.1 Å². The molecule has 29 heavy (non-hydrogen) atoms. The van der Waals surface area contributed by atoms with Crippen LogP contribution in [0.1, 0.15) is 45.4 Å². The molecular formula is C22H26ClN3O2S. The molecule has 4 aliphatic carbocycles. The van der Waals surface area contributed by atoms with Gasteiger partial charge in [-0.3, -0.25) is 4.79 Å². The number of carbonyl (C=O) groups is 1. The molecule has 4 bridgehead atoms. The second kappa shape index (κ2) is 7.62. The predicted molar refractivity (Wildman–Crippen MR) is 114 cm³/mol. The van der Waals surface area contributed by atoms with Crippen LogP contribution in [0.5, 0.6) is 0 Å². The molecule has 2 aromatic rings. The molecule has 5 nitrogen and oxygen atoms in total. The first-order chi connectivity index (χ1) is 14.0. The summed E-state index contributed by atoms with van der Waals surface area (Å²) in [6.45, 7) is 2.21. The first-order valence-corrected chi connectivity index (χ1v) is 11.9. The van der Waals surface area contributed by atoms with Gasteiger partial charge in [-0.25, -0.2) is 0 Å². The monoisotopic (exact) mass is 431 g/mol. The molecule has 1 aromatic heterocycles. The van der Waals surface area contributed by atoms with E-state index < -0.39 is 0 Å². The van der Waals surface area contributed by atoms with Crippen LogP contribution >= 0.6 is 23.4 Å². The number of rotatable bonds is 6. The first kappa shape index (κ1) is 19.4. The highest BCUT2D eigenvalue weighted by molar-refractivity contribution is 7.99. The van der Waals surface area contributed by atoms with Crippen LogP contribution in [0.3, 0.4) is 0 Å². The SMILES string of the molecule is CC(NC(=O)CSc1nnc(-c2ccc(Cl)cc2)o1)C12CC3CC(CC(C3)C1)C2. The zero-order chi connectivity index (χ0) is 20.0. The number of hydrogen-bond donors (Lipinski definition) is 1. The third-order valence-electron chi connectivity index (χ3n) is 7.21. The average molecular weight is 432 g/mol. The second-order valence-electron chi connectivity index (χ2n) is 9.24. The number of halogens is 1. The summed E-state index contributed by atoms with van der Waals surface area (Å²) >= 11 is 7.20. The summed E-state index contributed by atoms with van der Waals surface area (Å²) in [5.41, 5.74) is 1.13. The van der Waals surface area contributed by atoms with Crippen molar-refractivity contribution in [1.29, 1.82) is 0 Å². The molecule has 1 aromatic carbocycles. The second-order valence-corrected chi connectivity index (χ2v) is 10.6. The Morgan fingerprint density at radius 1 is 1.17 bits per heavy atom. The normalized spacial score (nSPS) is 31.0. The Morgan fingerprint density at radius 3 is 2.41 bits per heavy atom. The molecule has 4 saturated carbocycles. The molecule has 6 rings (SSSR count). The van der Waals surface area contributed by atoms with Crippen molar-refractivity contribution in [1.82, 2.24) is 15.5 Å². The van der Waals surface area contributed by atoms with Gasteiger partial charge in [0.2, 0.25) is 11.8 Å². The summed E-state index contributed by atoms with van der Waals surface area (Å²) in [7, 11) is 0. The van der Waals surface area contributed by atoms with E-state index in [0.29, 0.717) is 27.3 Å². The third kappa shape index (κ3) is 3.93. The molecule has 0 spiro atoms. The van der Waals surface area contributed by atoms with Crippen molar-refractivity contribution in [3.63, 3.8) is 0 Å². The molecule has 0 saturated heterocycles. The summed E-state index contributed by atoms with van der Waals surface area (Å²) in [5, 5.41) is 12.5. The molecule has 1 unspecified atom stereocenters. The summed E-state index contributed by atoms with van der Waals surface area (Å²) in [4.78, 5) is 12.6. The van der Waals surface area contributed by atoms with Gasteiger partial charge in [-0.05, 0) is 92.9 Å². The van der Waals surface area contributed by atoms with Crippen LogP contribution < -0.4 is 5.32 Å². The van der Waals surface area contributed by atoms with E-state index in [1.807, 2.05) is 12.1 Å². The lowest BCUT2D eigenvalue weighted by Crippen LogP contribution is -2.56. The van der Waals surface area contributed by atoms with Gasteiger partial charge in [-0.15, -0.1) is 10.2 Å². The van der Waals surface area contributed by atoms with Crippen molar-refractivity contribution in [3.05, 3.63) is 29.3 Å². The van der Waals surface area contributed by atoms with Crippen molar-refractivity contribution in [2.45, 2.75) is 56.7 Å². The molecule has 154 valence electrons. The van der Waals surface area contributed by atoms with Gasteiger partial charge in [0, 0.05) is 16.6 Å². The topological polar surface area (TPSA) is 68.0 Å². The van der Waals surface area contributed by atoms with Gasteiger partial charge in [0.1, 0.15) is 0 Å². The number of nitrogens with zero attached hydrogens (tertiary/aromatic N) is 2. The number of nitrogens with one attached hydrogen (secondary N) is 1. The van der Waals surface area contributed by atoms with Crippen molar-refractivity contribution in [2.24, 2.45) is 23.2 Å². The van der Waals surface area contributed by atoms with Crippen molar-refractivity contribution >= 4 is 29.3 Å². The maximum atomic E-state index is 12.6. The smallest absolute Gasteiger partial charge is 0.277 e. The Bertz CT molecular complexity index is 862. The molecule has 1 atom stereocenters. The van der Waals surface area contributed by atoms with Crippen LogP contribution in [0.2, 0.25) is 5.02 Å².